The van der Waals surface area contributed by atoms with E-state index < -0.39 is 12.0 Å². The molecule has 0 saturated carbocycles. The Balaban J connectivity index is 2.70. The van der Waals surface area contributed by atoms with Gasteiger partial charge in [-0.2, -0.15) is 0 Å². The monoisotopic (exact) mass is 276 g/mol. The second kappa shape index (κ2) is 5.75. The number of carboxylic acid groups (broad SMARTS) is 1. The van der Waals surface area contributed by atoms with E-state index in [0.29, 0.717) is 15.7 Å². The Kier molecular flexibility index (Phi) is 4.60. The summed E-state index contributed by atoms with van der Waals surface area (Å²) in [6, 6.07) is 4.00. The standard InChI is InChI=1S/C10H10Cl2N2O3/c1-14(5-9(15)16)10(17)13-8-3-6(11)2-7(12)4-8/h2-4H,5H2,1H3,(H,13,17)(H,15,16). The van der Waals surface area contributed by atoms with Gasteiger partial charge in [0, 0.05) is 22.8 Å². The van der Waals surface area contributed by atoms with Crippen molar-refractivity contribution >= 4 is 40.9 Å². The van der Waals surface area contributed by atoms with Crippen LogP contribution in [0.4, 0.5) is 10.5 Å². The number of carboxylic acids is 1. The summed E-state index contributed by atoms with van der Waals surface area (Å²) in [6.07, 6.45) is 0. The number of hydrogen-bond donors (Lipinski definition) is 2. The van der Waals surface area contributed by atoms with Gasteiger partial charge >= 0.3 is 12.0 Å². The van der Waals surface area contributed by atoms with Crippen LogP contribution in [-0.2, 0) is 4.79 Å². The molecule has 0 bridgehead atoms. The lowest BCUT2D eigenvalue weighted by Crippen LogP contribution is -2.35. The van der Waals surface area contributed by atoms with E-state index in [0.717, 1.165) is 4.90 Å². The summed E-state index contributed by atoms with van der Waals surface area (Å²) in [6.45, 7) is -0.389. The molecule has 0 aliphatic carbocycles. The molecular formula is C10H10Cl2N2O3. The van der Waals surface area contributed by atoms with Crippen molar-refractivity contribution in [2.75, 3.05) is 18.9 Å². The van der Waals surface area contributed by atoms with E-state index in [2.05, 4.69) is 5.32 Å². The summed E-state index contributed by atoms with van der Waals surface area (Å²) in [5.74, 6) is -1.09. The highest BCUT2D eigenvalue weighted by molar-refractivity contribution is 6.35. The van der Waals surface area contributed by atoms with E-state index in [1.54, 1.807) is 0 Å². The Hall–Kier alpha value is -1.46. The predicted molar refractivity (Wildman–Crippen MR) is 65.7 cm³/mol. The van der Waals surface area contributed by atoms with Crippen LogP contribution in [0.3, 0.4) is 0 Å². The third kappa shape index (κ3) is 4.50. The van der Waals surface area contributed by atoms with Crippen LogP contribution in [0.15, 0.2) is 18.2 Å². The number of urea groups is 1. The molecule has 0 saturated heterocycles. The number of halogens is 2. The Bertz CT molecular complexity index is 431. The molecule has 2 amide bonds. The maximum atomic E-state index is 11.5. The molecule has 0 fully saturated rings. The number of amides is 2. The quantitative estimate of drug-likeness (QED) is 0.891. The number of anilines is 1. The molecule has 92 valence electrons. The topological polar surface area (TPSA) is 69.6 Å². The lowest BCUT2D eigenvalue weighted by atomic mass is 10.3. The third-order valence-electron chi connectivity index (χ3n) is 1.83. The minimum Gasteiger partial charge on any atom is -0.480 e. The summed E-state index contributed by atoms with van der Waals surface area (Å²) < 4.78 is 0. The number of likely N-dealkylation sites (N-methyl/N-ethyl adjacent to an activating group) is 1. The maximum absolute atomic E-state index is 11.5. The molecule has 1 rings (SSSR count). The first kappa shape index (κ1) is 13.6. The Morgan fingerprint density at radius 3 is 2.29 bits per heavy atom. The van der Waals surface area contributed by atoms with Crippen molar-refractivity contribution in [2.24, 2.45) is 0 Å². The minimum absolute atomic E-state index is 0.383. The highest BCUT2D eigenvalue weighted by Crippen LogP contribution is 2.22. The smallest absolute Gasteiger partial charge is 0.323 e. The molecule has 0 unspecified atom stereocenters. The first-order chi connectivity index (χ1) is 7.88. The van der Waals surface area contributed by atoms with Gasteiger partial charge in [0.25, 0.3) is 0 Å². The van der Waals surface area contributed by atoms with Gasteiger partial charge in [0.1, 0.15) is 6.54 Å². The van der Waals surface area contributed by atoms with Gasteiger partial charge in [-0.15, -0.1) is 0 Å². The van der Waals surface area contributed by atoms with Crippen LogP contribution in [0.2, 0.25) is 10.0 Å². The average molecular weight is 277 g/mol. The molecule has 7 heteroatoms. The van der Waals surface area contributed by atoms with E-state index in [9.17, 15) is 9.59 Å². The zero-order valence-electron chi connectivity index (χ0n) is 8.91. The van der Waals surface area contributed by atoms with E-state index in [1.807, 2.05) is 0 Å². The molecule has 0 spiro atoms. The van der Waals surface area contributed by atoms with E-state index in [4.69, 9.17) is 28.3 Å². The van der Waals surface area contributed by atoms with Gasteiger partial charge in [-0.1, -0.05) is 23.2 Å². The third-order valence-corrected chi connectivity index (χ3v) is 2.27. The molecule has 1 aromatic rings. The van der Waals surface area contributed by atoms with Gasteiger partial charge in [0.15, 0.2) is 0 Å². The first-order valence-corrected chi connectivity index (χ1v) is 5.34. The van der Waals surface area contributed by atoms with Crippen LogP contribution < -0.4 is 5.32 Å². The van der Waals surface area contributed by atoms with Crippen molar-refractivity contribution in [1.29, 1.82) is 0 Å². The second-order valence-corrected chi connectivity index (χ2v) is 4.21. The van der Waals surface area contributed by atoms with Crippen molar-refractivity contribution < 1.29 is 14.7 Å². The van der Waals surface area contributed by atoms with Crippen LogP contribution in [0, 0.1) is 0 Å². The van der Waals surface area contributed by atoms with Gasteiger partial charge in [0.05, 0.1) is 0 Å². The number of carbonyl (C=O) groups is 2. The average Bonchev–Trinajstić information content (AvgIpc) is 2.14. The minimum atomic E-state index is -1.09. The zero-order valence-corrected chi connectivity index (χ0v) is 10.4. The van der Waals surface area contributed by atoms with Gasteiger partial charge in [-0.3, -0.25) is 4.79 Å². The number of nitrogens with one attached hydrogen (secondary N) is 1. The Morgan fingerprint density at radius 2 is 1.82 bits per heavy atom. The Morgan fingerprint density at radius 1 is 1.29 bits per heavy atom. The number of benzene rings is 1. The van der Waals surface area contributed by atoms with Crippen molar-refractivity contribution in [2.45, 2.75) is 0 Å². The molecule has 0 aliphatic heterocycles. The zero-order chi connectivity index (χ0) is 13.0. The molecule has 0 aliphatic rings. The van der Waals surface area contributed by atoms with Gasteiger partial charge in [-0.05, 0) is 18.2 Å². The fraction of sp³-hybridized carbons (Fsp3) is 0.200. The highest BCUT2D eigenvalue weighted by atomic mass is 35.5. The molecule has 0 atom stereocenters. The van der Waals surface area contributed by atoms with Crippen molar-refractivity contribution in [3.8, 4) is 0 Å². The highest BCUT2D eigenvalue weighted by Gasteiger charge is 2.12. The molecule has 1 aromatic carbocycles. The number of nitrogens with zero attached hydrogens (tertiary/aromatic N) is 1. The molecule has 2 N–H and O–H groups in total. The molecule has 0 heterocycles. The summed E-state index contributed by atoms with van der Waals surface area (Å²) in [5.41, 5.74) is 0.407. The van der Waals surface area contributed by atoms with Crippen molar-refractivity contribution in [3.63, 3.8) is 0 Å². The van der Waals surface area contributed by atoms with Gasteiger partial charge < -0.3 is 15.3 Å². The molecule has 5 nitrogen and oxygen atoms in total. The fourth-order valence-corrected chi connectivity index (χ4v) is 1.65. The van der Waals surface area contributed by atoms with Crippen LogP contribution >= 0.6 is 23.2 Å². The largest absolute Gasteiger partial charge is 0.480 e. The molecule has 17 heavy (non-hydrogen) atoms. The normalized spacial score (nSPS) is 9.82. The van der Waals surface area contributed by atoms with Gasteiger partial charge in [0.2, 0.25) is 0 Å². The number of hydrogen-bond acceptors (Lipinski definition) is 2. The van der Waals surface area contributed by atoms with Crippen LogP contribution in [0.25, 0.3) is 0 Å². The van der Waals surface area contributed by atoms with Crippen molar-refractivity contribution in [1.82, 2.24) is 4.90 Å². The molecule has 0 aromatic heterocycles. The van der Waals surface area contributed by atoms with Gasteiger partial charge in [-0.25, -0.2) is 4.79 Å². The maximum Gasteiger partial charge on any atom is 0.323 e. The lowest BCUT2D eigenvalue weighted by molar-refractivity contribution is -0.137. The van der Waals surface area contributed by atoms with E-state index in [1.165, 1.54) is 25.2 Å². The summed E-state index contributed by atoms with van der Waals surface area (Å²) in [4.78, 5) is 23.0. The molecule has 0 radical (unpaired) electrons. The second-order valence-electron chi connectivity index (χ2n) is 3.34. The van der Waals surface area contributed by atoms with Crippen molar-refractivity contribution in [3.05, 3.63) is 28.2 Å². The lowest BCUT2D eigenvalue weighted by Gasteiger charge is -2.15. The number of rotatable bonds is 3. The van der Waals surface area contributed by atoms with Crippen LogP contribution in [0.5, 0.6) is 0 Å². The summed E-state index contributed by atoms with van der Waals surface area (Å²) >= 11 is 11.5. The first-order valence-electron chi connectivity index (χ1n) is 4.58. The summed E-state index contributed by atoms with van der Waals surface area (Å²) in [5, 5.41) is 11.8. The van der Waals surface area contributed by atoms with Crippen LogP contribution in [-0.4, -0.2) is 35.6 Å². The fourth-order valence-electron chi connectivity index (χ4n) is 1.12. The van der Waals surface area contributed by atoms with Crippen LogP contribution in [0.1, 0.15) is 0 Å². The summed E-state index contributed by atoms with van der Waals surface area (Å²) in [7, 11) is 1.37. The number of aliphatic carboxylic acids is 1. The Labute approximate surface area is 108 Å². The molecular weight excluding hydrogens is 267 g/mol. The SMILES string of the molecule is CN(CC(=O)O)C(=O)Nc1cc(Cl)cc(Cl)c1. The predicted octanol–water partition coefficient (Wildman–Crippen LogP) is 2.54. The van der Waals surface area contributed by atoms with E-state index in [-0.39, 0.29) is 6.54 Å². The number of carbonyl (C=O) groups excluding carboxylic acids is 1. The van der Waals surface area contributed by atoms with E-state index >= 15 is 0 Å².